The molecule has 2 nitrogen and oxygen atoms in total. The van der Waals surface area contributed by atoms with Gasteiger partial charge in [-0.05, 0) is 24.7 Å². The zero-order valence-corrected chi connectivity index (χ0v) is 12.3. The zero-order valence-electron chi connectivity index (χ0n) is 10.8. The summed E-state index contributed by atoms with van der Waals surface area (Å²) in [6.45, 7) is 0. The molecule has 0 aliphatic heterocycles. The Morgan fingerprint density at radius 3 is 1.60 bits per heavy atom. The van der Waals surface area contributed by atoms with Crippen LogP contribution in [0, 0.1) is 35.5 Å². The van der Waals surface area contributed by atoms with Crippen molar-refractivity contribution < 1.29 is 9.59 Å². The van der Waals surface area contributed by atoms with E-state index >= 15 is 0 Å². The fraction of sp³-hybridized carbons (Fsp3) is 0.625. The van der Waals surface area contributed by atoms with Crippen molar-refractivity contribution in [1.82, 2.24) is 0 Å². The molecule has 0 amide bonds. The van der Waals surface area contributed by atoms with Crippen molar-refractivity contribution >= 4 is 34.8 Å². The zero-order chi connectivity index (χ0) is 13.9. The third-order valence-corrected chi connectivity index (χ3v) is 7.80. The molecule has 8 atom stereocenters. The van der Waals surface area contributed by atoms with Gasteiger partial charge in [-0.25, -0.2) is 0 Å². The van der Waals surface area contributed by atoms with E-state index in [4.69, 9.17) is 23.2 Å². The Kier molecular flexibility index (Phi) is 1.95. The van der Waals surface area contributed by atoms with Crippen molar-refractivity contribution in [3.05, 3.63) is 24.3 Å². The summed E-state index contributed by atoms with van der Waals surface area (Å²) >= 11 is 13.6. The monoisotopic (exact) mass is 308 g/mol. The van der Waals surface area contributed by atoms with Gasteiger partial charge in [-0.1, -0.05) is 24.3 Å². The molecule has 3 saturated carbocycles. The molecule has 0 heterocycles. The minimum absolute atomic E-state index is 0.0138. The molecule has 0 saturated heterocycles. The second-order valence-electron chi connectivity index (χ2n) is 7.00. The van der Waals surface area contributed by atoms with Crippen LogP contribution in [-0.2, 0) is 9.59 Å². The van der Waals surface area contributed by atoms with Gasteiger partial charge in [0.05, 0.1) is 11.8 Å². The molecule has 5 rings (SSSR count). The fourth-order valence-electron chi connectivity index (χ4n) is 5.58. The van der Waals surface area contributed by atoms with E-state index in [9.17, 15) is 9.59 Å². The highest BCUT2D eigenvalue weighted by Crippen LogP contribution is 2.67. The predicted octanol–water partition coefficient (Wildman–Crippen LogP) is 2.74. The van der Waals surface area contributed by atoms with Gasteiger partial charge in [-0.3, -0.25) is 9.59 Å². The minimum atomic E-state index is -1.02. The van der Waals surface area contributed by atoms with Crippen molar-refractivity contribution in [2.75, 3.05) is 0 Å². The first-order valence-corrected chi connectivity index (χ1v) is 8.07. The maximum absolute atomic E-state index is 13.1. The summed E-state index contributed by atoms with van der Waals surface area (Å²) in [5.41, 5.74) is 0. The van der Waals surface area contributed by atoms with Gasteiger partial charge in [-0.2, -0.15) is 0 Å². The normalized spacial score (nSPS) is 61.3. The Hall–Kier alpha value is -0.600. The molecule has 5 aliphatic rings. The molecule has 0 aromatic carbocycles. The highest BCUT2D eigenvalue weighted by atomic mass is 35.5. The molecule has 0 N–H and O–H groups in total. The van der Waals surface area contributed by atoms with Gasteiger partial charge < -0.3 is 0 Å². The van der Waals surface area contributed by atoms with Crippen LogP contribution >= 0.6 is 23.2 Å². The largest absolute Gasteiger partial charge is 0.297 e. The van der Waals surface area contributed by atoms with Gasteiger partial charge >= 0.3 is 0 Å². The number of hydrogen-bond donors (Lipinski definition) is 0. The van der Waals surface area contributed by atoms with Gasteiger partial charge in [0, 0.05) is 11.8 Å². The molecule has 0 unspecified atom stereocenters. The van der Waals surface area contributed by atoms with Crippen LogP contribution in [-0.4, -0.2) is 21.3 Å². The molecular formula is C16H14Cl2O2. The standard InChI is InChI=1S/C16H14Cl2O2/c17-15-9-3-1-7(5-9)11(15)13(19)16(18)10-4-2-8(6-10)12(16)14(15)20/h1-4,7-12H,5-6H2/t7-,8+,9-,10-,11+,12-,15-,16-/m0/s1. The number of allylic oxidation sites excluding steroid dienone is 4. The molecule has 104 valence electrons. The van der Waals surface area contributed by atoms with Crippen LogP contribution < -0.4 is 0 Å². The summed E-state index contributed by atoms with van der Waals surface area (Å²) in [6, 6.07) is 0. The summed E-state index contributed by atoms with van der Waals surface area (Å²) < 4.78 is 0. The number of Topliss-reactive ketones (excluding diaryl/α,β-unsaturated/α-hetero) is 2. The minimum Gasteiger partial charge on any atom is -0.297 e. The van der Waals surface area contributed by atoms with Gasteiger partial charge in [-0.15, -0.1) is 23.2 Å². The SMILES string of the molecule is O=C1[C@H]2[C@H]3C=C[C@@H](C3)[C@@]2(Cl)C(=O)[C@@H]2[C@@H]3C=C[C@@H](C3)[C@@]12Cl. The third kappa shape index (κ3) is 0.972. The third-order valence-electron chi connectivity index (χ3n) is 6.39. The van der Waals surface area contributed by atoms with Gasteiger partial charge in [0.15, 0.2) is 11.6 Å². The van der Waals surface area contributed by atoms with E-state index in [-0.39, 0.29) is 35.2 Å². The quantitative estimate of drug-likeness (QED) is 0.509. The first kappa shape index (κ1) is 12.0. The summed E-state index contributed by atoms with van der Waals surface area (Å²) in [5.74, 6) is -0.511. The van der Waals surface area contributed by atoms with Gasteiger partial charge in [0.2, 0.25) is 0 Å². The Morgan fingerprint density at radius 2 is 1.20 bits per heavy atom. The maximum atomic E-state index is 13.1. The first-order valence-electron chi connectivity index (χ1n) is 7.32. The molecule has 4 heteroatoms. The van der Waals surface area contributed by atoms with Crippen LogP contribution in [0.2, 0.25) is 0 Å². The van der Waals surface area contributed by atoms with E-state index in [0.29, 0.717) is 0 Å². The van der Waals surface area contributed by atoms with Gasteiger partial charge in [0.1, 0.15) is 9.75 Å². The summed E-state index contributed by atoms with van der Waals surface area (Å²) in [5, 5.41) is 0. The molecule has 0 aromatic heterocycles. The maximum Gasteiger partial charge on any atom is 0.161 e. The number of carbonyl (C=O) groups is 2. The smallest absolute Gasteiger partial charge is 0.161 e. The van der Waals surface area contributed by atoms with Crippen LogP contribution in [0.5, 0.6) is 0 Å². The Balaban J connectivity index is 1.74. The second kappa shape index (κ2) is 3.25. The number of rotatable bonds is 0. The highest BCUT2D eigenvalue weighted by molar-refractivity contribution is 6.46. The van der Waals surface area contributed by atoms with Crippen molar-refractivity contribution in [2.45, 2.75) is 22.6 Å². The topological polar surface area (TPSA) is 34.1 Å². The van der Waals surface area contributed by atoms with Crippen molar-refractivity contribution in [2.24, 2.45) is 35.5 Å². The summed E-state index contributed by atoms with van der Waals surface area (Å²) in [4.78, 5) is 24.2. The second-order valence-corrected chi connectivity index (χ2v) is 8.25. The molecule has 20 heavy (non-hydrogen) atoms. The molecule has 0 radical (unpaired) electrons. The van der Waals surface area contributed by atoms with E-state index in [2.05, 4.69) is 12.2 Å². The molecular weight excluding hydrogens is 295 g/mol. The number of ketones is 2. The molecule has 0 spiro atoms. The van der Waals surface area contributed by atoms with E-state index in [1.807, 2.05) is 12.2 Å². The van der Waals surface area contributed by atoms with Crippen molar-refractivity contribution in [3.63, 3.8) is 0 Å². The van der Waals surface area contributed by atoms with E-state index < -0.39 is 21.6 Å². The summed E-state index contributed by atoms with van der Waals surface area (Å²) in [6.07, 6.45) is 9.84. The van der Waals surface area contributed by atoms with Crippen LogP contribution in [0.3, 0.4) is 0 Å². The van der Waals surface area contributed by atoms with Crippen molar-refractivity contribution in [3.8, 4) is 0 Å². The molecule has 4 bridgehead atoms. The van der Waals surface area contributed by atoms with Crippen LogP contribution in [0.15, 0.2) is 24.3 Å². The van der Waals surface area contributed by atoms with E-state index in [1.165, 1.54) is 0 Å². The number of fused-ring (bicyclic) bond motifs is 10. The van der Waals surface area contributed by atoms with E-state index in [1.54, 1.807) is 0 Å². The molecule has 3 fully saturated rings. The number of alkyl halides is 2. The average molecular weight is 309 g/mol. The lowest BCUT2D eigenvalue weighted by atomic mass is 9.59. The fourth-order valence-corrected chi connectivity index (χ4v) is 6.66. The summed E-state index contributed by atoms with van der Waals surface area (Å²) in [7, 11) is 0. The molecule has 5 aliphatic carbocycles. The van der Waals surface area contributed by atoms with E-state index in [0.717, 1.165) is 12.8 Å². The van der Waals surface area contributed by atoms with Crippen LogP contribution in [0.1, 0.15) is 12.8 Å². The Morgan fingerprint density at radius 1 is 0.800 bits per heavy atom. The lowest BCUT2D eigenvalue weighted by Gasteiger charge is -2.49. The lowest BCUT2D eigenvalue weighted by molar-refractivity contribution is -0.144. The average Bonchev–Trinajstić information content (AvgIpc) is 3.14. The Labute approximate surface area is 127 Å². The van der Waals surface area contributed by atoms with Crippen LogP contribution in [0.4, 0.5) is 0 Å². The number of hydrogen-bond acceptors (Lipinski definition) is 2. The van der Waals surface area contributed by atoms with Crippen molar-refractivity contribution in [1.29, 1.82) is 0 Å². The predicted molar refractivity (Wildman–Crippen MR) is 75.6 cm³/mol. The Bertz CT molecular complexity index is 570. The lowest BCUT2D eigenvalue weighted by Crippen LogP contribution is -2.65. The molecule has 0 aromatic rings. The highest BCUT2D eigenvalue weighted by Gasteiger charge is 2.76. The first-order chi connectivity index (χ1) is 9.49. The number of halogens is 2. The van der Waals surface area contributed by atoms with Crippen LogP contribution in [0.25, 0.3) is 0 Å². The van der Waals surface area contributed by atoms with Gasteiger partial charge in [0.25, 0.3) is 0 Å². The number of carbonyl (C=O) groups excluding carboxylic acids is 2.